The van der Waals surface area contributed by atoms with Crippen molar-refractivity contribution in [1.82, 2.24) is 5.43 Å². The fourth-order valence-electron chi connectivity index (χ4n) is 3.72. The molecule has 0 spiro atoms. The Labute approximate surface area is 187 Å². The Morgan fingerprint density at radius 2 is 1.44 bits per heavy atom. The maximum absolute atomic E-state index is 13.2. The molecule has 160 valence electrons. The smallest absolute Gasteiger partial charge is 0.281 e. The van der Waals surface area contributed by atoms with Crippen LogP contribution in [0.1, 0.15) is 23.6 Å². The van der Waals surface area contributed by atoms with Crippen LogP contribution >= 0.6 is 0 Å². The van der Waals surface area contributed by atoms with Gasteiger partial charge in [0, 0.05) is 10.9 Å². The molecule has 0 saturated heterocycles. The minimum atomic E-state index is -1.87. The summed E-state index contributed by atoms with van der Waals surface area (Å²) in [5, 5.41) is 17.6. The van der Waals surface area contributed by atoms with Gasteiger partial charge >= 0.3 is 0 Å². The van der Waals surface area contributed by atoms with E-state index < -0.39 is 11.5 Å². The first-order valence-electron chi connectivity index (χ1n) is 10.5. The minimum Gasteiger partial charge on any atom is -0.493 e. The van der Waals surface area contributed by atoms with E-state index >= 15 is 0 Å². The topological polar surface area (TPSA) is 70.9 Å². The normalized spacial score (nSPS) is 11.6. The van der Waals surface area contributed by atoms with E-state index in [2.05, 4.69) is 10.5 Å². The highest BCUT2D eigenvalue weighted by Gasteiger charge is 2.39. The molecule has 0 aromatic heterocycles. The molecule has 0 aliphatic rings. The van der Waals surface area contributed by atoms with Gasteiger partial charge in [0.2, 0.25) is 0 Å². The van der Waals surface area contributed by atoms with Crippen LogP contribution in [0.25, 0.3) is 10.8 Å². The number of fused-ring (bicyclic) bond motifs is 1. The molecule has 5 nitrogen and oxygen atoms in total. The molecule has 0 aliphatic carbocycles. The molecule has 0 unspecified atom stereocenters. The summed E-state index contributed by atoms with van der Waals surface area (Å²) in [7, 11) is 0. The summed E-state index contributed by atoms with van der Waals surface area (Å²) in [5.41, 5.74) is 2.40. The summed E-state index contributed by atoms with van der Waals surface area (Å²) in [5.74, 6) is 0.160. The Morgan fingerprint density at radius 3 is 2.03 bits per heavy atom. The molecule has 1 amide bonds. The highest BCUT2D eigenvalue weighted by atomic mass is 16.5. The van der Waals surface area contributed by atoms with E-state index in [1.165, 1.54) is 0 Å². The molecule has 0 saturated carbocycles. The van der Waals surface area contributed by atoms with Gasteiger partial charge in [-0.05, 0) is 35.6 Å². The fourth-order valence-corrected chi connectivity index (χ4v) is 3.72. The lowest BCUT2D eigenvalue weighted by molar-refractivity contribution is -0.136. The maximum atomic E-state index is 13.2. The number of carbonyl (C=O) groups excluding carboxylic acids is 1. The summed E-state index contributed by atoms with van der Waals surface area (Å²) in [6.07, 6.45) is 1.58. The van der Waals surface area contributed by atoms with Crippen molar-refractivity contribution in [2.24, 2.45) is 5.10 Å². The second kappa shape index (κ2) is 9.45. The molecule has 0 radical (unpaired) electrons. The summed E-state index contributed by atoms with van der Waals surface area (Å²) < 4.78 is 5.71. The van der Waals surface area contributed by atoms with Crippen molar-refractivity contribution in [3.8, 4) is 5.75 Å². The molecule has 0 atom stereocenters. The number of aliphatic hydroxyl groups is 1. The number of hydrogen-bond donors (Lipinski definition) is 2. The van der Waals surface area contributed by atoms with Crippen molar-refractivity contribution in [3.05, 3.63) is 114 Å². The van der Waals surface area contributed by atoms with Crippen LogP contribution in [-0.2, 0) is 10.4 Å². The quantitative estimate of drug-likeness (QED) is 0.336. The lowest BCUT2D eigenvalue weighted by Gasteiger charge is -2.27. The lowest BCUT2D eigenvalue weighted by atomic mass is 9.85. The van der Waals surface area contributed by atoms with E-state index in [4.69, 9.17) is 4.74 Å². The zero-order valence-corrected chi connectivity index (χ0v) is 17.7. The Balaban J connectivity index is 1.64. The van der Waals surface area contributed by atoms with Gasteiger partial charge in [0.05, 0.1) is 12.8 Å². The van der Waals surface area contributed by atoms with Crippen LogP contribution in [0.5, 0.6) is 5.75 Å². The number of amides is 1. The molecule has 4 aromatic rings. The van der Waals surface area contributed by atoms with Gasteiger partial charge in [-0.1, -0.05) is 84.9 Å². The van der Waals surface area contributed by atoms with Gasteiger partial charge in [-0.25, -0.2) is 5.43 Å². The van der Waals surface area contributed by atoms with Crippen LogP contribution in [0.2, 0.25) is 0 Å². The van der Waals surface area contributed by atoms with E-state index in [9.17, 15) is 9.90 Å². The molecule has 4 rings (SSSR count). The number of hydrazone groups is 1. The molecule has 32 heavy (non-hydrogen) atoms. The zero-order valence-electron chi connectivity index (χ0n) is 17.7. The second-order valence-corrected chi connectivity index (χ2v) is 7.27. The molecule has 4 aromatic carbocycles. The maximum Gasteiger partial charge on any atom is 0.281 e. The highest BCUT2D eigenvalue weighted by Crippen LogP contribution is 2.30. The second-order valence-electron chi connectivity index (χ2n) is 7.27. The van der Waals surface area contributed by atoms with Gasteiger partial charge in [-0.2, -0.15) is 5.10 Å². The summed E-state index contributed by atoms with van der Waals surface area (Å²) >= 11 is 0. The van der Waals surface area contributed by atoms with Crippen molar-refractivity contribution in [2.45, 2.75) is 12.5 Å². The van der Waals surface area contributed by atoms with E-state index in [1.54, 1.807) is 54.7 Å². The molecule has 2 N–H and O–H groups in total. The first kappa shape index (κ1) is 21.3. The average molecular weight is 425 g/mol. The molecule has 5 heteroatoms. The third-order valence-corrected chi connectivity index (χ3v) is 5.30. The van der Waals surface area contributed by atoms with Crippen LogP contribution in [0.4, 0.5) is 0 Å². The number of nitrogens with zero attached hydrogens (tertiary/aromatic N) is 1. The molecule has 0 bridgehead atoms. The number of benzene rings is 4. The fraction of sp³-hybridized carbons (Fsp3) is 0.111. The third kappa shape index (κ3) is 4.11. The number of nitrogens with one attached hydrogen (secondary N) is 1. The Bertz CT molecular complexity index is 1200. The standard InChI is InChI=1S/C27H24N2O3/c1-2-32-25-18-17-20(23-15-9-10-16-24(23)25)19-28-29-26(30)27(31,21-11-5-3-6-12-21)22-13-7-4-8-14-22/h3-19,31H,2H2,1H3,(H,29,30). The van der Waals surface area contributed by atoms with Crippen molar-refractivity contribution in [1.29, 1.82) is 0 Å². The van der Waals surface area contributed by atoms with Crippen LogP contribution in [-0.4, -0.2) is 23.8 Å². The van der Waals surface area contributed by atoms with E-state index in [1.807, 2.05) is 55.5 Å². The molecular formula is C27H24N2O3. The predicted molar refractivity (Wildman–Crippen MR) is 127 cm³/mol. The van der Waals surface area contributed by atoms with Crippen LogP contribution in [0.3, 0.4) is 0 Å². The van der Waals surface area contributed by atoms with E-state index in [-0.39, 0.29) is 0 Å². The average Bonchev–Trinajstić information content (AvgIpc) is 2.86. The van der Waals surface area contributed by atoms with Gasteiger partial charge in [0.1, 0.15) is 5.75 Å². The number of rotatable bonds is 7. The van der Waals surface area contributed by atoms with Crippen molar-refractivity contribution < 1.29 is 14.6 Å². The Morgan fingerprint density at radius 1 is 0.875 bits per heavy atom. The van der Waals surface area contributed by atoms with E-state index in [0.29, 0.717) is 17.7 Å². The van der Waals surface area contributed by atoms with Crippen molar-refractivity contribution in [2.75, 3.05) is 6.61 Å². The summed E-state index contributed by atoms with van der Waals surface area (Å²) in [4.78, 5) is 13.2. The lowest BCUT2D eigenvalue weighted by Crippen LogP contribution is -2.43. The van der Waals surface area contributed by atoms with Gasteiger partial charge in [0.25, 0.3) is 5.91 Å². The van der Waals surface area contributed by atoms with E-state index in [0.717, 1.165) is 22.1 Å². The van der Waals surface area contributed by atoms with Gasteiger partial charge in [-0.15, -0.1) is 0 Å². The summed E-state index contributed by atoms with van der Waals surface area (Å²) in [6.45, 7) is 2.52. The Hall–Kier alpha value is -3.96. The number of ether oxygens (including phenoxy) is 1. The predicted octanol–water partition coefficient (Wildman–Crippen LogP) is 4.62. The first-order valence-corrected chi connectivity index (χ1v) is 10.5. The summed E-state index contributed by atoms with van der Waals surface area (Å²) in [6, 6.07) is 29.3. The third-order valence-electron chi connectivity index (χ3n) is 5.30. The van der Waals surface area contributed by atoms with Crippen molar-refractivity contribution in [3.63, 3.8) is 0 Å². The largest absolute Gasteiger partial charge is 0.493 e. The van der Waals surface area contributed by atoms with Crippen LogP contribution in [0, 0.1) is 0 Å². The van der Waals surface area contributed by atoms with Gasteiger partial charge in [-0.3, -0.25) is 4.79 Å². The zero-order chi connectivity index (χ0) is 22.4. The van der Waals surface area contributed by atoms with Gasteiger partial charge in [0.15, 0.2) is 5.60 Å². The molecular weight excluding hydrogens is 400 g/mol. The SMILES string of the molecule is CCOc1ccc(C=NNC(=O)C(O)(c2ccccc2)c2ccccc2)c2ccccc12. The first-order chi connectivity index (χ1) is 15.6. The van der Waals surface area contributed by atoms with Crippen molar-refractivity contribution >= 4 is 22.9 Å². The minimum absolute atomic E-state index is 0.463. The monoisotopic (exact) mass is 424 g/mol. The molecule has 0 heterocycles. The molecule has 0 aliphatic heterocycles. The Kier molecular flexibility index (Phi) is 6.29. The van der Waals surface area contributed by atoms with Crippen LogP contribution < -0.4 is 10.2 Å². The highest BCUT2D eigenvalue weighted by molar-refractivity contribution is 6.02. The number of carbonyl (C=O) groups is 1. The van der Waals surface area contributed by atoms with Crippen LogP contribution in [0.15, 0.2) is 102 Å². The number of hydrogen-bond acceptors (Lipinski definition) is 4. The van der Waals surface area contributed by atoms with Gasteiger partial charge < -0.3 is 9.84 Å². The molecule has 0 fully saturated rings.